The second kappa shape index (κ2) is 14.7. The zero-order valence-electron chi connectivity index (χ0n) is 24.1. The second-order valence-corrected chi connectivity index (χ2v) is 14.4. The first-order chi connectivity index (χ1) is 17.7. The van der Waals surface area contributed by atoms with Gasteiger partial charge in [0.1, 0.15) is 0 Å². The summed E-state index contributed by atoms with van der Waals surface area (Å²) in [4.78, 5) is 1.48. The average molecular weight is 511 g/mol. The fraction of sp³-hybridized carbons (Fsp3) is 0.333. The molecule has 0 amide bonds. The zero-order valence-corrected chi connectivity index (χ0v) is 24.9. The van der Waals surface area contributed by atoms with Crippen molar-refractivity contribution in [3.05, 3.63) is 107 Å². The van der Waals surface area contributed by atoms with Crippen molar-refractivity contribution >= 4 is 32.4 Å². The Labute approximate surface area is 229 Å². The van der Waals surface area contributed by atoms with Crippen molar-refractivity contribution in [3.8, 4) is 12.3 Å². The Bertz CT molecular complexity index is 1260. The smallest absolute Gasteiger partial charge is 0.0270 e. The molecule has 0 spiro atoms. The molecule has 0 aliphatic carbocycles. The quantitative estimate of drug-likeness (QED) is 0.197. The van der Waals surface area contributed by atoms with Gasteiger partial charge in [0.15, 0.2) is 0 Å². The first kappa shape index (κ1) is 30.3. The van der Waals surface area contributed by atoms with Crippen LogP contribution in [0, 0.1) is 25.2 Å². The van der Waals surface area contributed by atoms with E-state index in [1.165, 1.54) is 43.5 Å². The number of aryl methyl sites for hydroxylation is 1. The molecule has 0 saturated carbocycles. The molecule has 2 aromatic rings. The maximum atomic E-state index is 5.53. The summed E-state index contributed by atoms with van der Waals surface area (Å²) in [6.07, 6.45) is 36.4. The first-order valence-corrected chi connectivity index (χ1v) is 16.3. The van der Waals surface area contributed by atoms with Crippen molar-refractivity contribution in [2.75, 3.05) is 18.8 Å². The third kappa shape index (κ3) is 8.28. The van der Waals surface area contributed by atoms with Crippen LogP contribution in [0.25, 0.3) is 22.4 Å². The first-order valence-electron chi connectivity index (χ1n) is 13.4. The third-order valence-corrected chi connectivity index (χ3v) is 8.25. The Morgan fingerprint density at radius 2 is 1.76 bits per heavy atom. The van der Waals surface area contributed by atoms with Gasteiger partial charge in [-0.25, -0.2) is 10.0 Å². The lowest BCUT2D eigenvalue weighted by Gasteiger charge is -2.28. The Kier molecular flexibility index (Phi) is 12.0. The summed E-state index contributed by atoms with van der Waals surface area (Å²) in [5, 5.41) is 2.60. The lowest BCUT2D eigenvalue weighted by atomic mass is 9.85. The van der Waals surface area contributed by atoms with Gasteiger partial charge in [0, 0.05) is 6.42 Å². The van der Waals surface area contributed by atoms with Gasteiger partial charge in [0.25, 0.3) is 0 Å². The number of terminal acetylenes is 1. The molecule has 0 N–H and O–H groups in total. The molecule has 0 nitrogen and oxygen atoms in total. The Morgan fingerprint density at radius 1 is 1.05 bits per heavy atom. The van der Waals surface area contributed by atoms with E-state index in [9.17, 15) is 0 Å². The van der Waals surface area contributed by atoms with Gasteiger partial charge >= 0.3 is 0 Å². The predicted molar refractivity (Wildman–Crippen MR) is 175 cm³/mol. The van der Waals surface area contributed by atoms with Crippen molar-refractivity contribution in [1.29, 1.82) is 0 Å². The normalized spacial score (nSPS) is 14.6. The molecule has 0 saturated heterocycles. The van der Waals surface area contributed by atoms with Gasteiger partial charge in [-0.2, -0.15) is 0 Å². The number of rotatable bonds is 12. The largest absolute Gasteiger partial charge is 0.224 e. The van der Waals surface area contributed by atoms with Crippen LogP contribution >= 0.6 is 10.0 Å². The predicted octanol–water partition coefficient (Wildman–Crippen LogP) is 10.4. The van der Waals surface area contributed by atoms with Crippen LogP contribution in [-0.2, 0) is 6.42 Å². The third-order valence-electron chi connectivity index (χ3n) is 6.56. The molecule has 0 aliphatic rings. The van der Waals surface area contributed by atoms with Crippen LogP contribution in [0.5, 0.6) is 0 Å². The minimum atomic E-state index is -0.769. The van der Waals surface area contributed by atoms with Crippen LogP contribution in [-0.4, -0.2) is 18.8 Å². The fourth-order valence-corrected chi connectivity index (χ4v) is 5.85. The van der Waals surface area contributed by atoms with Crippen LogP contribution in [0.4, 0.5) is 0 Å². The van der Waals surface area contributed by atoms with Crippen molar-refractivity contribution in [2.24, 2.45) is 5.92 Å². The topological polar surface area (TPSA) is 0 Å². The van der Waals surface area contributed by atoms with Crippen molar-refractivity contribution in [1.82, 2.24) is 0 Å². The van der Waals surface area contributed by atoms with E-state index in [1.54, 1.807) is 0 Å². The molecule has 2 aromatic carbocycles. The van der Waals surface area contributed by atoms with Gasteiger partial charge in [0.2, 0.25) is 0 Å². The van der Waals surface area contributed by atoms with Crippen LogP contribution < -0.4 is 0 Å². The molecule has 0 aromatic heterocycles. The zero-order chi connectivity index (χ0) is 27.4. The summed E-state index contributed by atoms with van der Waals surface area (Å²) >= 11 is 0. The average Bonchev–Trinajstić information content (AvgIpc) is 2.86. The molecule has 2 rings (SSSR count). The van der Waals surface area contributed by atoms with Gasteiger partial charge in [0.05, 0.1) is 0 Å². The lowest BCUT2D eigenvalue weighted by Crippen LogP contribution is -2.00. The SMILES string of the molecule is C#CC/C=C\c1c(C)c(C(/C=C\CC(C)/C=C(\C=C/CC)S(C)(C)C)=C/C=C)c2ccccc2c1CC. The van der Waals surface area contributed by atoms with E-state index < -0.39 is 10.0 Å². The number of hydrogen-bond acceptors (Lipinski definition) is 0. The Balaban J connectivity index is 2.56. The molecule has 1 heteroatoms. The molecule has 37 heavy (non-hydrogen) atoms. The van der Waals surface area contributed by atoms with E-state index in [4.69, 9.17) is 6.42 Å². The number of hydrogen-bond donors (Lipinski definition) is 0. The lowest BCUT2D eigenvalue weighted by molar-refractivity contribution is 0.743. The minimum absolute atomic E-state index is 0.465. The highest BCUT2D eigenvalue weighted by Crippen LogP contribution is 2.46. The van der Waals surface area contributed by atoms with E-state index >= 15 is 0 Å². The summed E-state index contributed by atoms with van der Waals surface area (Å²) in [6.45, 7) is 13.0. The van der Waals surface area contributed by atoms with E-state index in [0.29, 0.717) is 12.3 Å². The van der Waals surface area contributed by atoms with E-state index in [-0.39, 0.29) is 0 Å². The molecule has 0 aliphatic heterocycles. The highest BCUT2D eigenvalue weighted by atomic mass is 32.3. The minimum Gasteiger partial charge on any atom is -0.224 e. The van der Waals surface area contributed by atoms with Gasteiger partial charge in [-0.1, -0.05) is 106 Å². The number of fused-ring (bicyclic) bond motifs is 1. The molecule has 196 valence electrons. The molecule has 0 radical (unpaired) electrons. The highest BCUT2D eigenvalue weighted by Gasteiger charge is 2.16. The maximum Gasteiger partial charge on any atom is 0.0270 e. The van der Waals surface area contributed by atoms with Crippen molar-refractivity contribution < 1.29 is 0 Å². The molecular formula is C36H46S. The second-order valence-electron chi connectivity index (χ2n) is 10.3. The summed E-state index contributed by atoms with van der Waals surface area (Å²) in [5.41, 5.74) is 6.42. The highest BCUT2D eigenvalue weighted by molar-refractivity contribution is 8.35. The van der Waals surface area contributed by atoms with Gasteiger partial charge in [-0.3, -0.25) is 0 Å². The molecule has 1 unspecified atom stereocenters. The monoisotopic (exact) mass is 510 g/mol. The standard InChI is InChI=1S/C36H46S/c1-10-14-16-24-33-29(6)36(35-26-18-17-25-34(35)32(33)13-4)30(20-12-3)22-19-21-28(5)27-31(23-15-11-2)37(7,8)9/h1,12,15-20,22-28H,3,11,13-14,21H2,2,4-9H3/b22-19-,23-15-,24-16-,30-20+,31-27+. The molecule has 0 fully saturated rings. The summed E-state index contributed by atoms with van der Waals surface area (Å²) in [5.74, 6) is 3.20. The van der Waals surface area contributed by atoms with Crippen molar-refractivity contribution in [3.63, 3.8) is 0 Å². The van der Waals surface area contributed by atoms with E-state index in [2.05, 4.69) is 132 Å². The number of allylic oxidation sites excluding steroid dienone is 9. The summed E-state index contributed by atoms with van der Waals surface area (Å²) in [7, 11) is -0.769. The van der Waals surface area contributed by atoms with E-state index in [0.717, 1.165) is 19.3 Å². The summed E-state index contributed by atoms with van der Waals surface area (Å²) in [6, 6.07) is 8.77. The molecule has 0 bridgehead atoms. The Hall–Kier alpha value is -2.95. The summed E-state index contributed by atoms with van der Waals surface area (Å²) < 4.78 is 0. The van der Waals surface area contributed by atoms with Crippen LogP contribution in [0.1, 0.15) is 62.3 Å². The maximum absolute atomic E-state index is 5.53. The molecule has 1 atom stereocenters. The van der Waals surface area contributed by atoms with E-state index in [1.807, 2.05) is 6.08 Å². The molecular weight excluding hydrogens is 464 g/mol. The van der Waals surface area contributed by atoms with Crippen LogP contribution in [0.3, 0.4) is 0 Å². The Morgan fingerprint density at radius 3 is 2.35 bits per heavy atom. The van der Waals surface area contributed by atoms with Gasteiger partial charge in [-0.15, -0.1) is 12.3 Å². The number of benzene rings is 2. The van der Waals surface area contributed by atoms with Crippen LogP contribution in [0.2, 0.25) is 0 Å². The van der Waals surface area contributed by atoms with Gasteiger partial charge in [-0.05, 0) is 94.4 Å². The van der Waals surface area contributed by atoms with Gasteiger partial charge < -0.3 is 0 Å². The van der Waals surface area contributed by atoms with Crippen LogP contribution in [0.15, 0.2) is 84.4 Å². The molecule has 0 heterocycles. The van der Waals surface area contributed by atoms with Crippen molar-refractivity contribution in [2.45, 2.75) is 53.4 Å². The fourth-order valence-electron chi connectivity index (χ4n) is 4.70.